The Balaban J connectivity index is 1.20. The zero-order valence-corrected chi connectivity index (χ0v) is 20.1. The van der Waals surface area contributed by atoms with Crippen LogP contribution in [0.15, 0.2) is 48.7 Å². The van der Waals surface area contributed by atoms with Crippen molar-refractivity contribution in [2.75, 3.05) is 26.2 Å². The van der Waals surface area contributed by atoms with E-state index >= 15 is 0 Å². The minimum atomic E-state index is -3.23. The van der Waals surface area contributed by atoms with Gasteiger partial charge in [0.25, 0.3) is 0 Å². The lowest BCUT2D eigenvalue weighted by Gasteiger charge is -2.33. The molecule has 0 aliphatic carbocycles. The molecule has 3 aromatic rings. The lowest BCUT2D eigenvalue weighted by molar-refractivity contribution is 0.167. The normalized spacial score (nSPS) is 20.9. The van der Waals surface area contributed by atoms with Crippen LogP contribution in [0, 0.1) is 5.92 Å². The highest BCUT2D eigenvalue weighted by Crippen LogP contribution is 2.24. The van der Waals surface area contributed by atoms with E-state index in [1.165, 1.54) is 29.4 Å². The maximum atomic E-state index is 12.8. The van der Waals surface area contributed by atoms with Crippen LogP contribution in [0.1, 0.15) is 48.8 Å². The van der Waals surface area contributed by atoms with E-state index in [4.69, 9.17) is 0 Å². The second-order valence-corrected chi connectivity index (χ2v) is 11.7. The first kappa shape index (κ1) is 22.6. The summed E-state index contributed by atoms with van der Waals surface area (Å²) >= 11 is 0. The maximum Gasteiger partial charge on any atom is 0.218 e. The van der Waals surface area contributed by atoms with Gasteiger partial charge in [-0.25, -0.2) is 12.7 Å². The van der Waals surface area contributed by atoms with E-state index in [-0.39, 0.29) is 5.75 Å². The fourth-order valence-electron chi connectivity index (χ4n) is 5.43. The molecule has 176 valence electrons. The summed E-state index contributed by atoms with van der Waals surface area (Å²) in [4.78, 5) is 2.53. The van der Waals surface area contributed by atoms with Gasteiger partial charge in [-0.2, -0.15) is 5.10 Å². The molecule has 33 heavy (non-hydrogen) atoms. The highest BCUT2D eigenvalue weighted by molar-refractivity contribution is 7.88. The van der Waals surface area contributed by atoms with Gasteiger partial charge in [0.1, 0.15) is 0 Å². The first-order valence-corrected chi connectivity index (χ1v) is 13.9. The Hall–Kier alpha value is -2.22. The molecule has 7 heteroatoms. The van der Waals surface area contributed by atoms with Crippen molar-refractivity contribution in [1.82, 2.24) is 19.4 Å². The van der Waals surface area contributed by atoms with Crippen LogP contribution in [0.4, 0.5) is 0 Å². The van der Waals surface area contributed by atoms with Gasteiger partial charge in [0, 0.05) is 31.6 Å². The van der Waals surface area contributed by atoms with Crippen molar-refractivity contribution in [2.24, 2.45) is 5.92 Å². The maximum absolute atomic E-state index is 12.8. The van der Waals surface area contributed by atoms with E-state index < -0.39 is 10.0 Å². The molecule has 1 atom stereocenters. The van der Waals surface area contributed by atoms with Gasteiger partial charge >= 0.3 is 0 Å². The summed E-state index contributed by atoms with van der Waals surface area (Å²) in [5.41, 5.74) is 4.58. The van der Waals surface area contributed by atoms with Crippen LogP contribution >= 0.6 is 0 Å². The monoisotopic (exact) mass is 466 g/mol. The van der Waals surface area contributed by atoms with Gasteiger partial charge in [0.05, 0.1) is 17.5 Å². The molecule has 0 unspecified atom stereocenters. The van der Waals surface area contributed by atoms with Crippen LogP contribution in [0.3, 0.4) is 0 Å². The number of H-pyrrole nitrogens is 1. The van der Waals surface area contributed by atoms with Crippen LogP contribution in [-0.4, -0.2) is 54.0 Å². The van der Waals surface area contributed by atoms with Gasteiger partial charge in [0.2, 0.25) is 10.0 Å². The van der Waals surface area contributed by atoms with E-state index in [1.807, 2.05) is 18.3 Å². The highest BCUT2D eigenvalue weighted by atomic mass is 32.2. The molecular weight excluding hydrogens is 432 g/mol. The molecule has 1 N–H and O–H groups in total. The number of nitrogens with one attached hydrogen (secondary N) is 1. The fourth-order valence-corrected chi connectivity index (χ4v) is 7.03. The lowest BCUT2D eigenvalue weighted by Crippen LogP contribution is -2.36. The summed E-state index contributed by atoms with van der Waals surface area (Å²) in [6, 6.07) is 14.8. The minimum Gasteiger partial charge on any atom is -0.299 e. The number of fused-ring (bicyclic) bond motifs is 1. The largest absolute Gasteiger partial charge is 0.299 e. The molecule has 0 amide bonds. The number of piperidine rings is 2. The van der Waals surface area contributed by atoms with E-state index in [0.29, 0.717) is 19.0 Å². The third kappa shape index (κ3) is 5.65. The van der Waals surface area contributed by atoms with Crippen LogP contribution in [-0.2, 0) is 28.7 Å². The second-order valence-electron chi connectivity index (χ2n) is 9.77. The molecule has 2 fully saturated rings. The van der Waals surface area contributed by atoms with Crippen molar-refractivity contribution >= 4 is 20.9 Å². The van der Waals surface area contributed by atoms with Crippen molar-refractivity contribution in [3.8, 4) is 0 Å². The first-order valence-electron chi connectivity index (χ1n) is 12.3. The number of benzene rings is 2. The third-order valence-electron chi connectivity index (χ3n) is 7.09. The van der Waals surface area contributed by atoms with Crippen LogP contribution < -0.4 is 0 Å². The summed E-state index contributed by atoms with van der Waals surface area (Å²) in [7, 11) is -3.23. The Morgan fingerprint density at radius 3 is 2.67 bits per heavy atom. The fraction of sp³-hybridized carbons (Fsp3) is 0.500. The van der Waals surface area contributed by atoms with Crippen molar-refractivity contribution in [3.63, 3.8) is 0 Å². The quantitative estimate of drug-likeness (QED) is 0.563. The van der Waals surface area contributed by atoms with E-state index in [1.54, 1.807) is 4.31 Å². The predicted molar refractivity (Wildman–Crippen MR) is 132 cm³/mol. The molecule has 2 aromatic carbocycles. The molecule has 5 rings (SSSR count). The minimum absolute atomic E-state index is 0.111. The molecule has 0 spiro atoms. The van der Waals surface area contributed by atoms with Gasteiger partial charge in [0.15, 0.2) is 0 Å². The lowest BCUT2D eigenvalue weighted by atomic mass is 9.90. The van der Waals surface area contributed by atoms with Crippen molar-refractivity contribution in [2.45, 2.75) is 50.8 Å². The summed E-state index contributed by atoms with van der Waals surface area (Å²) in [6.07, 6.45) is 8.54. The molecule has 2 aliphatic rings. The SMILES string of the molecule is O=S(=O)(Cc1cccc(CN2CCC[C@H](Cc3ccc4[nH]ncc4c3)C2)c1)N1CCCCC1. The molecule has 0 saturated carbocycles. The molecule has 2 aliphatic heterocycles. The van der Waals surface area contributed by atoms with E-state index in [2.05, 4.69) is 45.4 Å². The van der Waals surface area contributed by atoms with E-state index in [0.717, 1.165) is 56.4 Å². The Kier molecular flexibility index (Phi) is 6.81. The molecule has 2 saturated heterocycles. The molecule has 1 aromatic heterocycles. The molecule has 0 bridgehead atoms. The van der Waals surface area contributed by atoms with E-state index in [9.17, 15) is 8.42 Å². The van der Waals surface area contributed by atoms with Crippen LogP contribution in [0.2, 0.25) is 0 Å². The predicted octanol–water partition coefficient (Wildman–Crippen LogP) is 4.33. The Morgan fingerprint density at radius 1 is 0.939 bits per heavy atom. The number of aromatic amines is 1. The van der Waals surface area contributed by atoms with Crippen molar-refractivity contribution in [3.05, 3.63) is 65.4 Å². The number of sulfonamides is 1. The summed E-state index contributed by atoms with van der Waals surface area (Å²) < 4.78 is 27.4. The van der Waals surface area contributed by atoms with Crippen molar-refractivity contribution in [1.29, 1.82) is 0 Å². The topological polar surface area (TPSA) is 69.3 Å². The number of rotatable bonds is 7. The average Bonchev–Trinajstić information content (AvgIpc) is 3.28. The average molecular weight is 467 g/mol. The summed E-state index contributed by atoms with van der Waals surface area (Å²) in [5, 5.41) is 8.33. The number of hydrogen-bond donors (Lipinski definition) is 1. The van der Waals surface area contributed by atoms with Gasteiger partial charge in [-0.15, -0.1) is 0 Å². The highest BCUT2D eigenvalue weighted by Gasteiger charge is 2.25. The number of likely N-dealkylation sites (tertiary alicyclic amines) is 1. The number of hydrogen-bond acceptors (Lipinski definition) is 4. The molecule has 6 nitrogen and oxygen atoms in total. The summed E-state index contributed by atoms with van der Waals surface area (Å²) in [6.45, 7) is 4.41. The second kappa shape index (κ2) is 9.95. The number of nitrogens with zero attached hydrogens (tertiary/aromatic N) is 3. The smallest absolute Gasteiger partial charge is 0.218 e. The summed E-state index contributed by atoms with van der Waals surface area (Å²) in [5.74, 6) is 0.755. The van der Waals surface area contributed by atoms with Crippen LogP contribution in [0.5, 0.6) is 0 Å². The zero-order chi connectivity index (χ0) is 22.7. The molecule has 0 radical (unpaired) electrons. The standard InChI is InChI=1S/C26H34N4O2S/c31-33(32,30-12-2-1-3-13-30)20-24-7-4-6-22(15-24)18-29-11-5-8-23(19-29)14-21-9-10-26-25(16-21)17-27-28-26/h4,6-7,9-10,15-17,23H,1-3,5,8,11-14,18-20H2,(H,27,28)/t23-/m1/s1. The third-order valence-corrected chi connectivity index (χ3v) is 8.94. The number of aromatic nitrogens is 2. The van der Waals surface area contributed by atoms with Gasteiger partial charge in [-0.3, -0.25) is 10.00 Å². The van der Waals surface area contributed by atoms with Gasteiger partial charge in [-0.1, -0.05) is 36.8 Å². The van der Waals surface area contributed by atoms with Crippen molar-refractivity contribution < 1.29 is 8.42 Å². The van der Waals surface area contributed by atoms with Crippen LogP contribution in [0.25, 0.3) is 10.9 Å². The first-order chi connectivity index (χ1) is 16.0. The zero-order valence-electron chi connectivity index (χ0n) is 19.2. The molecular formula is C26H34N4O2S. The van der Waals surface area contributed by atoms with Gasteiger partial charge in [-0.05, 0) is 73.4 Å². The Bertz CT molecular complexity index is 1180. The Morgan fingerprint density at radius 2 is 1.79 bits per heavy atom. The van der Waals surface area contributed by atoms with Gasteiger partial charge < -0.3 is 0 Å². The Labute approximate surface area is 197 Å². The molecule has 3 heterocycles.